The maximum Gasteiger partial charge on any atom is 0.141 e. The van der Waals surface area contributed by atoms with Gasteiger partial charge in [0.2, 0.25) is 0 Å². The summed E-state index contributed by atoms with van der Waals surface area (Å²) in [7, 11) is 0. The van der Waals surface area contributed by atoms with Crippen LogP contribution >= 0.6 is 0 Å². The van der Waals surface area contributed by atoms with Crippen LogP contribution in [-0.4, -0.2) is 47.8 Å². The van der Waals surface area contributed by atoms with Crippen molar-refractivity contribution in [1.82, 2.24) is 15.0 Å². The Labute approximate surface area is 146 Å². The standard InChI is InChI=1S/C19H19N5O/c1-2-4-17-14(3-1)5-6-24(17)18-11-16-15(12-20-18)19(22-13-21-16)23-7-9-25-10-8-23/h1-4,11-13H,5-10H2. The summed E-state index contributed by atoms with van der Waals surface area (Å²) >= 11 is 0. The third-order valence-electron chi connectivity index (χ3n) is 4.96. The lowest BCUT2D eigenvalue weighted by molar-refractivity contribution is 0.122. The highest BCUT2D eigenvalue weighted by atomic mass is 16.5. The minimum atomic E-state index is 0.738. The maximum absolute atomic E-state index is 5.45. The summed E-state index contributed by atoms with van der Waals surface area (Å²) in [6.45, 7) is 4.14. The minimum absolute atomic E-state index is 0.738. The molecule has 0 unspecified atom stereocenters. The third-order valence-corrected chi connectivity index (χ3v) is 4.96. The maximum atomic E-state index is 5.45. The van der Waals surface area contributed by atoms with E-state index in [9.17, 15) is 0 Å². The number of ether oxygens (including phenoxy) is 1. The summed E-state index contributed by atoms with van der Waals surface area (Å²) in [5.74, 6) is 1.90. The highest BCUT2D eigenvalue weighted by molar-refractivity contribution is 5.90. The summed E-state index contributed by atoms with van der Waals surface area (Å²) in [4.78, 5) is 18.2. The molecule has 0 saturated carbocycles. The van der Waals surface area contributed by atoms with E-state index in [4.69, 9.17) is 9.72 Å². The fraction of sp³-hybridized carbons (Fsp3) is 0.316. The molecule has 0 bridgehead atoms. The van der Waals surface area contributed by atoms with Gasteiger partial charge in [0.1, 0.15) is 18.0 Å². The number of morpholine rings is 1. The zero-order valence-electron chi connectivity index (χ0n) is 13.9. The number of hydrogen-bond donors (Lipinski definition) is 0. The summed E-state index contributed by atoms with van der Waals surface area (Å²) in [6.07, 6.45) is 4.62. The first kappa shape index (κ1) is 14.6. The average molecular weight is 333 g/mol. The molecule has 126 valence electrons. The second kappa shape index (κ2) is 5.97. The van der Waals surface area contributed by atoms with E-state index < -0.39 is 0 Å². The van der Waals surface area contributed by atoms with Gasteiger partial charge in [0.05, 0.1) is 24.1 Å². The first-order valence-corrected chi connectivity index (χ1v) is 8.69. The number of aromatic nitrogens is 3. The van der Waals surface area contributed by atoms with Crippen LogP contribution in [0.15, 0.2) is 42.9 Å². The van der Waals surface area contributed by atoms with Gasteiger partial charge >= 0.3 is 0 Å². The molecule has 0 atom stereocenters. The molecule has 2 aromatic heterocycles. The third kappa shape index (κ3) is 2.49. The van der Waals surface area contributed by atoms with Gasteiger partial charge in [-0.2, -0.15) is 0 Å². The van der Waals surface area contributed by atoms with Gasteiger partial charge in [-0.05, 0) is 18.1 Å². The van der Waals surface area contributed by atoms with Gasteiger partial charge in [-0.1, -0.05) is 18.2 Å². The molecule has 1 saturated heterocycles. The second-order valence-corrected chi connectivity index (χ2v) is 6.39. The number of rotatable bonds is 2. The Hall–Kier alpha value is -2.73. The van der Waals surface area contributed by atoms with E-state index in [1.54, 1.807) is 6.33 Å². The van der Waals surface area contributed by atoms with E-state index in [0.717, 1.165) is 61.8 Å². The van der Waals surface area contributed by atoms with Gasteiger partial charge in [-0.15, -0.1) is 0 Å². The van der Waals surface area contributed by atoms with Gasteiger partial charge in [0, 0.05) is 37.6 Å². The van der Waals surface area contributed by atoms with E-state index >= 15 is 0 Å². The van der Waals surface area contributed by atoms with Crippen LogP contribution in [0.25, 0.3) is 10.9 Å². The predicted molar refractivity (Wildman–Crippen MR) is 97.5 cm³/mol. The highest BCUT2D eigenvalue weighted by Crippen LogP contribution is 2.34. The first-order chi connectivity index (χ1) is 12.4. The van der Waals surface area contributed by atoms with Gasteiger partial charge in [0.25, 0.3) is 0 Å². The van der Waals surface area contributed by atoms with Crippen molar-refractivity contribution in [2.24, 2.45) is 0 Å². The molecular weight excluding hydrogens is 314 g/mol. The molecule has 1 aromatic carbocycles. The molecule has 0 aliphatic carbocycles. The van der Waals surface area contributed by atoms with E-state index in [-0.39, 0.29) is 0 Å². The molecule has 0 N–H and O–H groups in total. The molecule has 6 heteroatoms. The zero-order chi connectivity index (χ0) is 16.6. The lowest BCUT2D eigenvalue weighted by Crippen LogP contribution is -2.36. The number of anilines is 3. The van der Waals surface area contributed by atoms with E-state index in [2.05, 4.69) is 50.1 Å². The van der Waals surface area contributed by atoms with Crippen molar-refractivity contribution in [1.29, 1.82) is 0 Å². The fourth-order valence-electron chi connectivity index (χ4n) is 3.68. The molecule has 2 aliphatic heterocycles. The monoisotopic (exact) mass is 333 g/mol. The molecule has 0 spiro atoms. The van der Waals surface area contributed by atoms with Crippen molar-refractivity contribution in [3.05, 3.63) is 48.4 Å². The molecule has 1 fully saturated rings. The lowest BCUT2D eigenvalue weighted by atomic mass is 10.2. The van der Waals surface area contributed by atoms with Crippen molar-refractivity contribution < 1.29 is 4.74 Å². The van der Waals surface area contributed by atoms with Crippen LogP contribution in [0, 0.1) is 0 Å². The average Bonchev–Trinajstić information content (AvgIpc) is 3.12. The number of hydrogen-bond acceptors (Lipinski definition) is 6. The number of benzene rings is 1. The van der Waals surface area contributed by atoms with Crippen LogP contribution in [0.5, 0.6) is 0 Å². The van der Waals surface area contributed by atoms with Crippen LogP contribution in [0.1, 0.15) is 5.56 Å². The molecule has 25 heavy (non-hydrogen) atoms. The lowest BCUT2D eigenvalue weighted by Gasteiger charge is -2.28. The van der Waals surface area contributed by atoms with E-state index in [0.29, 0.717) is 0 Å². The molecule has 0 radical (unpaired) electrons. The Balaban J connectivity index is 1.55. The van der Waals surface area contributed by atoms with Crippen LogP contribution in [0.2, 0.25) is 0 Å². The van der Waals surface area contributed by atoms with Crippen molar-refractivity contribution >= 4 is 28.2 Å². The molecule has 4 heterocycles. The summed E-state index contributed by atoms with van der Waals surface area (Å²) in [5.41, 5.74) is 3.56. The molecule has 3 aromatic rings. The van der Waals surface area contributed by atoms with Gasteiger partial charge < -0.3 is 14.5 Å². The van der Waals surface area contributed by atoms with Gasteiger partial charge in [-0.3, -0.25) is 0 Å². The van der Waals surface area contributed by atoms with Crippen LogP contribution < -0.4 is 9.80 Å². The van der Waals surface area contributed by atoms with Crippen molar-refractivity contribution in [3.63, 3.8) is 0 Å². The summed E-state index contributed by atoms with van der Waals surface area (Å²) in [5, 5.41) is 1.00. The van der Waals surface area contributed by atoms with Crippen molar-refractivity contribution in [2.75, 3.05) is 42.6 Å². The first-order valence-electron chi connectivity index (χ1n) is 8.69. The van der Waals surface area contributed by atoms with E-state index in [1.807, 2.05) is 6.20 Å². The second-order valence-electron chi connectivity index (χ2n) is 6.39. The molecule has 2 aliphatic rings. The smallest absolute Gasteiger partial charge is 0.141 e. The molecule has 5 rings (SSSR count). The topological polar surface area (TPSA) is 54.4 Å². The van der Waals surface area contributed by atoms with Crippen LogP contribution in [0.3, 0.4) is 0 Å². The highest BCUT2D eigenvalue weighted by Gasteiger charge is 2.22. The quantitative estimate of drug-likeness (QED) is 0.718. The SMILES string of the molecule is c1ccc2c(c1)CCN2c1cc2ncnc(N3CCOCC3)c2cn1. The number of para-hydroxylation sites is 1. The summed E-state index contributed by atoms with van der Waals surface area (Å²) in [6, 6.07) is 10.6. The Morgan fingerprint density at radius 2 is 1.84 bits per heavy atom. The number of nitrogens with zero attached hydrogens (tertiary/aromatic N) is 5. The number of pyridine rings is 1. The minimum Gasteiger partial charge on any atom is -0.378 e. The normalized spacial score (nSPS) is 17.1. The van der Waals surface area contributed by atoms with Crippen molar-refractivity contribution in [2.45, 2.75) is 6.42 Å². The van der Waals surface area contributed by atoms with Gasteiger partial charge in [0.15, 0.2) is 0 Å². The Kier molecular flexibility index (Phi) is 3.48. The molecule has 0 amide bonds. The zero-order valence-corrected chi connectivity index (χ0v) is 13.9. The fourth-order valence-corrected chi connectivity index (χ4v) is 3.68. The van der Waals surface area contributed by atoms with Crippen LogP contribution in [0.4, 0.5) is 17.3 Å². The molecule has 6 nitrogen and oxygen atoms in total. The van der Waals surface area contributed by atoms with Gasteiger partial charge in [-0.25, -0.2) is 15.0 Å². The van der Waals surface area contributed by atoms with Crippen molar-refractivity contribution in [3.8, 4) is 0 Å². The number of fused-ring (bicyclic) bond motifs is 2. The van der Waals surface area contributed by atoms with E-state index in [1.165, 1.54) is 11.3 Å². The van der Waals surface area contributed by atoms with Crippen LogP contribution in [-0.2, 0) is 11.2 Å². The Bertz CT molecular complexity index is 923. The Morgan fingerprint density at radius 1 is 0.960 bits per heavy atom. The summed E-state index contributed by atoms with van der Waals surface area (Å²) < 4.78 is 5.45. The predicted octanol–water partition coefficient (Wildman–Crippen LogP) is 2.56. The Morgan fingerprint density at radius 3 is 2.76 bits per heavy atom. The largest absolute Gasteiger partial charge is 0.378 e. The molecular formula is C19H19N5O.